The highest BCUT2D eigenvalue weighted by molar-refractivity contribution is 5.75. The van der Waals surface area contributed by atoms with Gasteiger partial charge in [0.1, 0.15) is 5.78 Å². The van der Waals surface area contributed by atoms with Crippen LogP contribution in [-0.4, -0.2) is 5.78 Å². The second-order valence-electron chi connectivity index (χ2n) is 2.16. The summed E-state index contributed by atoms with van der Waals surface area (Å²) in [6.45, 7) is 3.63. The lowest BCUT2D eigenvalue weighted by Gasteiger charge is -1.89. The number of ketones is 1. The van der Waals surface area contributed by atoms with E-state index in [-0.39, 0.29) is 0 Å². The first kappa shape index (κ1) is 8.41. The molecule has 0 heterocycles. The fourth-order valence-corrected chi connectivity index (χ4v) is 0.636. The first-order chi connectivity index (χ1) is 4.27. The Hall–Kier alpha value is -0.590. The zero-order valence-corrected chi connectivity index (χ0v) is 6.18. The Morgan fingerprint density at radius 1 is 1.56 bits per heavy atom. The Balaban J connectivity index is 3.01. The van der Waals surface area contributed by atoms with Crippen LogP contribution in [-0.2, 0) is 4.79 Å². The van der Waals surface area contributed by atoms with Crippen LogP contribution in [0, 0.1) is 0 Å². The van der Waals surface area contributed by atoms with Crippen molar-refractivity contribution in [1.82, 2.24) is 0 Å². The number of carbonyl (C=O) groups excluding carboxylic acids is 1. The topological polar surface area (TPSA) is 17.1 Å². The van der Waals surface area contributed by atoms with Gasteiger partial charge in [-0.25, -0.2) is 0 Å². The van der Waals surface area contributed by atoms with Gasteiger partial charge in [0, 0.05) is 6.42 Å². The van der Waals surface area contributed by atoms with Crippen molar-refractivity contribution in [3.8, 4) is 0 Å². The van der Waals surface area contributed by atoms with Crippen LogP contribution in [0.25, 0.3) is 0 Å². The molecule has 0 radical (unpaired) electrons. The second-order valence-corrected chi connectivity index (χ2v) is 2.16. The van der Waals surface area contributed by atoms with E-state index < -0.39 is 0 Å². The number of unbranched alkanes of at least 4 members (excludes halogenated alkanes) is 1. The number of carbonyl (C=O) groups is 1. The Morgan fingerprint density at radius 2 is 2.22 bits per heavy atom. The van der Waals surface area contributed by atoms with Gasteiger partial charge in [-0.05, 0) is 26.7 Å². The van der Waals surface area contributed by atoms with Crippen molar-refractivity contribution in [2.75, 3.05) is 0 Å². The molecule has 0 bridgehead atoms. The molecule has 1 heteroatoms. The Kier molecular flexibility index (Phi) is 5.18. The van der Waals surface area contributed by atoms with Gasteiger partial charge in [-0.3, -0.25) is 0 Å². The molecule has 0 N–H and O–H groups in total. The first-order valence-corrected chi connectivity index (χ1v) is 3.38. The lowest BCUT2D eigenvalue weighted by Crippen LogP contribution is -1.87. The van der Waals surface area contributed by atoms with Gasteiger partial charge in [-0.1, -0.05) is 12.2 Å². The number of hydrogen-bond donors (Lipinski definition) is 0. The minimum absolute atomic E-state index is 0.291. The molecule has 0 saturated carbocycles. The Labute approximate surface area is 56.8 Å². The summed E-state index contributed by atoms with van der Waals surface area (Å²) in [6, 6.07) is 0. The molecular weight excluding hydrogens is 112 g/mol. The lowest BCUT2D eigenvalue weighted by molar-refractivity contribution is -0.117. The summed E-state index contributed by atoms with van der Waals surface area (Å²) in [5, 5.41) is 0. The third-order valence-electron chi connectivity index (χ3n) is 1.14. The highest BCUT2D eigenvalue weighted by atomic mass is 16.1. The molecule has 0 aliphatic heterocycles. The maximum Gasteiger partial charge on any atom is 0.129 e. The summed E-state index contributed by atoms with van der Waals surface area (Å²) in [7, 11) is 0. The summed E-state index contributed by atoms with van der Waals surface area (Å²) >= 11 is 0. The maximum absolute atomic E-state index is 10.4. The maximum atomic E-state index is 10.4. The summed E-state index contributed by atoms with van der Waals surface area (Å²) in [5.74, 6) is 0.291. The third kappa shape index (κ3) is 7.41. The van der Waals surface area contributed by atoms with Gasteiger partial charge in [0.05, 0.1) is 0 Å². The molecule has 52 valence electrons. The summed E-state index contributed by atoms with van der Waals surface area (Å²) in [6.07, 6.45) is 6.86. The van der Waals surface area contributed by atoms with Crippen LogP contribution in [0.5, 0.6) is 0 Å². The van der Waals surface area contributed by atoms with Crippen molar-refractivity contribution in [3.63, 3.8) is 0 Å². The molecule has 1 nitrogen and oxygen atoms in total. The van der Waals surface area contributed by atoms with Crippen LogP contribution in [0.1, 0.15) is 33.1 Å². The predicted molar refractivity (Wildman–Crippen MR) is 39.3 cm³/mol. The first-order valence-electron chi connectivity index (χ1n) is 3.38. The number of Topliss-reactive ketones (excluding diaryl/α,β-unsaturated/α-hetero) is 1. The van der Waals surface area contributed by atoms with E-state index in [1.807, 2.05) is 13.0 Å². The van der Waals surface area contributed by atoms with Crippen LogP contribution in [0.15, 0.2) is 12.2 Å². The van der Waals surface area contributed by atoms with Crippen LogP contribution in [0.3, 0.4) is 0 Å². The third-order valence-corrected chi connectivity index (χ3v) is 1.14. The summed E-state index contributed by atoms with van der Waals surface area (Å²) < 4.78 is 0. The van der Waals surface area contributed by atoms with E-state index in [0.29, 0.717) is 5.78 Å². The Bertz CT molecular complexity index is 103. The SMILES string of the molecule is CC=CCCCC(C)=O. The minimum atomic E-state index is 0.291. The van der Waals surface area contributed by atoms with Gasteiger partial charge in [0.15, 0.2) is 0 Å². The average molecular weight is 126 g/mol. The molecule has 0 atom stereocenters. The Morgan fingerprint density at radius 3 is 2.67 bits per heavy atom. The van der Waals surface area contributed by atoms with Gasteiger partial charge in [0.25, 0.3) is 0 Å². The second kappa shape index (κ2) is 5.54. The van der Waals surface area contributed by atoms with Crippen molar-refractivity contribution in [2.45, 2.75) is 33.1 Å². The fraction of sp³-hybridized carbons (Fsp3) is 0.625. The molecule has 0 saturated heterocycles. The van der Waals surface area contributed by atoms with Gasteiger partial charge in [-0.2, -0.15) is 0 Å². The predicted octanol–water partition coefficient (Wildman–Crippen LogP) is 2.32. The smallest absolute Gasteiger partial charge is 0.129 e. The summed E-state index contributed by atoms with van der Waals surface area (Å²) in [5.41, 5.74) is 0. The summed E-state index contributed by atoms with van der Waals surface area (Å²) in [4.78, 5) is 10.4. The monoisotopic (exact) mass is 126 g/mol. The largest absolute Gasteiger partial charge is 0.300 e. The van der Waals surface area contributed by atoms with Crippen LogP contribution in [0.2, 0.25) is 0 Å². The standard InChI is InChI=1S/C8H14O/c1-3-4-5-6-7-8(2)9/h3-4H,5-7H2,1-2H3. The molecule has 0 aromatic carbocycles. The van der Waals surface area contributed by atoms with Crippen molar-refractivity contribution in [3.05, 3.63) is 12.2 Å². The zero-order valence-electron chi connectivity index (χ0n) is 6.18. The molecular formula is C8H14O. The van der Waals surface area contributed by atoms with E-state index in [4.69, 9.17) is 0 Å². The average Bonchev–Trinajstić information content (AvgIpc) is 1.80. The molecule has 0 amide bonds. The van der Waals surface area contributed by atoms with Crippen LogP contribution in [0.4, 0.5) is 0 Å². The number of allylic oxidation sites excluding steroid dienone is 2. The van der Waals surface area contributed by atoms with E-state index in [9.17, 15) is 4.79 Å². The van der Waals surface area contributed by atoms with Crippen molar-refractivity contribution in [1.29, 1.82) is 0 Å². The van der Waals surface area contributed by atoms with Gasteiger partial charge in [0.2, 0.25) is 0 Å². The van der Waals surface area contributed by atoms with Gasteiger partial charge >= 0.3 is 0 Å². The molecule has 0 aromatic rings. The molecule has 0 unspecified atom stereocenters. The molecule has 0 spiro atoms. The van der Waals surface area contributed by atoms with Crippen LogP contribution < -0.4 is 0 Å². The molecule has 0 fully saturated rings. The molecule has 0 aliphatic carbocycles. The minimum Gasteiger partial charge on any atom is -0.300 e. The molecule has 0 rings (SSSR count). The van der Waals surface area contributed by atoms with Gasteiger partial charge in [-0.15, -0.1) is 0 Å². The van der Waals surface area contributed by atoms with Gasteiger partial charge < -0.3 is 4.79 Å². The lowest BCUT2D eigenvalue weighted by atomic mass is 10.2. The van der Waals surface area contributed by atoms with Crippen molar-refractivity contribution in [2.24, 2.45) is 0 Å². The van der Waals surface area contributed by atoms with E-state index in [1.54, 1.807) is 6.92 Å². The quantitative estimate of drug-likeness (QED) is 0.417. The van der Waals surface area contributed by atoms with Crippen molar-refractivity contribution >= 4 is 5.78 Å². The van der Waals surface area contributed by atoms with E-state index in [1.165, 1.54) is 0 Å². The van der Waals surface area contributed by atoms with Crippen molar-refractivity contribution < 1.29 is 4.79 Å². The normalized spacial score (nSPS) is 10.4. The number of rotatable bonds is 4. The van der Waals surface area contributed by atoms with E-state index in [0.717, 1.165) is 19.3 Å². The zero-order chi connectivity index (χ0) is 7.11. The number of hydrogen-bond acceptors (Lipinski definition) is 1. The van der Waals surface area contributed by atoms with E-state index in [2.05, 4.69) is 6.08 Å². The van der Waals surface area contributed by atoms with Crippen LogP contribution >= 0.6 is 0 Å². The fourth-order valence-electron chi connectivity index (χ4n) is 0.636. The highest BCUT2D eigenvalue weighted by Gasteiger charge is 1.88. The molecule has 0 aliphatic rings. The van der Waals surface area contributed by atoms with E-state index >= 15 is 0 Å². The molecule has 9 heavy (non-hydrogen) atoms. The highest BCUT2D eigenvalue weighted by Crippen LogP contribution is 1.96. The molecule has 0 aromatic heterocycles.